The highest BCUT2D eigenvalue weighted by Crippen LogP contribution is 2.35. The molecule has 162 valence electrons. The van der Waals surface area contributed by atoms with E-state index in [2.05, 4.69) is 0 Å². The zero-order valence-corrected chi connectivity index (χ0v) is 17.8. The minimum atomic E-state index is -0.762. The third kappa shape index (κ3) is 5.61. The molecule has 0 spiro atoms. The average molecular weight is 442 g/mol. The molecule has 1 aromatic heterocycles. The van der Waals surface area contributed by atoms with Crippen LogP contribution < -0.4 is 10.2 Å². The fraction of sp³-hybridized carbons (Fsp3) is 0.217. The van der Waals surface area contributed by atoms with E-state index in [9.17, 15) is 19.8 Å². The first kappa shape index (κ1) is 22.3. The molecule has 0 aliphatic heterocycles. The van der Waals surface area contributed by atoms with Crippen LogP contribution in [0.4, 0.5) is 0 Å². The molecule has 1 heterocycles. The first-order valence-electron chi connectivity index (χ1n) is 9.39. The summed E-state index contributed by atoms with van der Waals surface area (Å²) < 4.78 is 15.9. The number of carbonyl (C=O) groups excluding carboxylic acids is 1. The van der Waals surface area contributed by atoms with Gasteiger partial charge in [-0.3, -0.25) is 9.59 Å². The molecule has 0 amide bonds. The smallest absolute Gasteiger partial charge is 0.306 e. The van der Waals surface area contributed by atoms with E-state index in [-0.39, 0.29) is 17.9 Å². The van der Waals surface area contributed by atoms with Crippen molar-refractivity contribution in [1.82, 2.24) is 0 Å². The lowest BCUT2D eigenvalue weighted by Crippen LogP contribution is -2.14. The van der Waals surface area contributed by atoms with Crippen LogP contribution in [0.5, 0.6) is 17.2 Å². The molecule has 0 bridgehead atoms. The van der Waals surface area contributed by atoms with Crippen molar-refractivity contribution in [3.05, 3.63) is 81.9 Å². The fourth-order valence-electron chi connectivity index (χ4n) is 3.03. The number of ether oxygens (including phenoxy) is 2. The van der Waals surface area contributed by atoms with E-state index < -0.39 is 23.1 Å². The number of carbonyl (C=O) groups is 1. The van der Waals surface area contributed by atoms with Crippen LogP contribution in [0.15, 0.2) is 68.7 Å². The number of aromatic hydroxyl groups is 2. The molecule has 1 atom stereocenters. The maximum atomic E-state index is 12.4. The molecule has 0 saturated heterocycles. The van der Waals surface area contributed by atoms with Crippen LogP contribution in [0.2, 0.25) is 0 Å². The minimum absolute atomic E-state index is 0.0233. The molecule has 2 N–H and O–H groups in total. The second kappa shape index (κ2) is 10.1. The number of rotatable bonds is 8. The van der Waals surface area contributed by atoms with E-state index in [4.69, 9.17) is 13.9 Å². The van der Waals surface area contributed by atoms with Crippen molar-refractivity contribution in [2.24, 2.45) is 0 Å². The number of thioether (sulfide) groups is 1. The third-order valence-corrected chi connectivity index (χ3v) is 5.65. The Kier molecular flexibility index (Phi) is 7.25. The number of phenols is 1. The molecular formula is C23H22O7S. The SMILES string of the molecule is COC(=O)C[C@@H](c1ccc(O)cc1)c1oc(CSc2cccc(OC)c2)cc(=O)c1O. The van der Waals surface area contributed by atoms with Gasteiger partial charge in [0.05, 0.1) is 32.3 Å². The van der Waals surface area contributed by atoms with Gasteiger partial charge >= 0.3 is 5.97 Å². The standard InChI is InChI=1S/C23H22O7S/c1-28-16-4-3-5-18(10-16)31-13-17-11-20(25)22(27)23(30-17)19(12-21(26)29-2)14-6-8-15(24)9-7-14/h3-11,19,24,27H,12-13H2,1-2H3/t19-/m0/s1. The number of methoxy groups -OCH3 is 2. The predicted molar refractivity (Wildman–Crippen MR) is 116 cm³/mol. The second-order valence-corrected chi connectivity index (χ2v) is 7.73. The van der Waals surface area contributed by atoms with Crippen molar-refractivity contribution in [2.45, 2.75) is 23.0 Å². The zero-order chi connectivity index (χ0) is 22.4. The fourth-order valence-corrected chi connectivity index (χ4v) is 3.85. The Morgan fingerprint density at radius 3 is 2.52 bits per heavy atom. The number of hydrogen-bond acceptors (Lipinski definition) is 8. The summed E-state index contributed by atoms with van der Waals surface area (Å²) in [6.07, 6.45) is -0.149. The summed E-state index contributed by atoms with van der Waals surface area (Å²) in [6.45, 7) is 0. The topological polar surface area (TPSA) is 106 Å². The van der Waals surface area contributed by atoms with Crippen molar-refractivity contribution >= 4 is 17.7 Å². The van der Waals surface area contributed by atoms with Gasteiger partial charge < -0.3 is 24.1 Å². The highest BCUT2D eigenvalue weighted by molar-refractivity contribution is 7.98. The van der Waals surface area contributed by atoms with E-state index in [0.29, 0.717) is 22.8 Å². The molecule has 31 heavy (non-hydrogen) atoms. The Balaban J connectivity index is 1.95. The summed E-state index contributed by atoms with van der Waals surface area (Å²) in [7, 11) is 2.84. The van der Waals surface area contributed by atoms with Crippen LogP contribution in [0.25, 0.3) is 0 Å². The molecule has 7 nitrogen and oxygen atoms in total. The van der Waals surface area contributed by atoms with Crippen LogP contribution in [-0.2, 0) is 15.3 Å². The molecule has 0 saturated carbocycles. The maximum Gasteiger partial charge on any atom is 0.306 e. The molecule has 0 radical (unpaired) electrons. The normalized spacial score (nSPS) is 11.7. The van der Waals surface area contributed by atoms with E-state index in [1.165, 1.54) is 37.1 Å². The Morgan fingerprint density at radius 1 is 1.10 bits per heavy atom. The third-order valence-electron chi connectivity index (χ3n) is 4.63. The summed E-state index contributed by atoms with van der Waals surface area (Å²) in [5, 5.41) is 20.0. The van der Waals surface area contributed by atoms with Gasteiger partial charge in [-0.05, 0) is 35.9 Å². The van der Waals surface area contributed by atoms with Gasteiger partial charge in [-0.1, -0.05) is 18.2 Å². The van der Waals surface area contributed by atoms with Crippen molar-refractivity contribution in [1.29, 1.82) is 0 Å². The minimum Gasteiger partial charge on any atom is -0.508 e. The van der Waals surface area contributed by atoms with Crippen molar-refractivity contribution < 1.29 is 28.9 Å². The first-order chi connectivity index (χ1) is 14.9. The number of hydrogen-bond donors (Lipinski definition) is 2. The molecular weight excluding hydrogens is 420 g/mol. The quantitative estimate of drug-likeness (QED) is 0.398. The van der Waals surface area contributed by atoms with Gasteiger partial charge in [-0.25, -0.2) is 0 Å². The molecule has 0 fully saturated rings. The number of benzene rings is 2. The van der Waals surface area contributed by atoms with Gasteiger partial charge in [0.1, 0.15) is 17.3 Å². The molecule has 0 aliphatic rings. The van der Waals surface area contributed by atoms with Crippen molar-refractivity contribution in [2.75, 3.05) is 14.2 Å². The number of esters is 1. The summed E-state index contributed by atoms with van der Waals surface area (Å²) in [5.41, 5.74) is -0.0182. The van der Waals surface area contributed by atoms with Gasteiger partial charge in [0.25, 0.3) is 0 Å². The summed E-state index contributed by atoms with van der Waals surface area (Å²) in [5.74, 6) is -0.436. The highest BCUT2D eigenvalue weighted by Gasteiger charge is 2.26. The van der Waals surface area contributed by atoms with E-state index >= 15 is 0 Å². The molecule has 0 aliphatic carbocycles. The maximum absolute atomic E-state index is 12.4. The lowest BCUT2D eigenvalue weighted by molar-refractivity contribution is -0.140. The molecule has 0 unspecified atom stereocenters. The lowest BCUT2D eigenvalue weighted by atomic mass is 9.92. The van der Waals surface area contributed by atoms with Gasteiger partial charge in [-0.2, -0.15) is 0 Å². The van der Waals surface area contributed by atoms with Gasteiger partial charge in [0.2, 0.25) is 11.2 Å². The van der Waals surface area contributed by atoms with Crippen molar-refractivity contribution in [3.8, 4) is 17.2 Å². The summed E-state index contributed by atoms with van der Waals surface area (Å²) >= 11 is 1.44. The second-order valence-electron chi connectivity index (χ2n) is 6.68. The Morgan fingerprint density at radius 2 is 1.84 bits per heavy atom. The van der Waals surface area contributed by atoms with Crippen LogP contribution in [0, 0.1) is 0 Å². The van der Waals surface area contributed by atoms with Crippen LogP contribution in [-0.4, -0.2) is 30.4 Å². The first-order valence-corrected chi connectivity index (χ1v) is 10.4. The van der Waals surface area contributed by atoms with Gasteiger partial charge in [-0.15, -0.1) is 11.8 Å². The average Bonchev–Trinajstić information content (AvgIpc) is 2.79. The molecule has 8 heteroatoms. The molecule has 2 aromatic carbocycles. The largest absolute Gasteiger partial charge is 0.508 e. The van der Waals surface area contributed by atoms with Crippen LogP contribution >= 0.6 is 11.8 Å². The van der Waals surface area contributed by atoms with Gasteiger partial charge in [0, 0.05) is 11.0 Å². The van der Waals surface area contributed by atoms with Crippen LogP contribution in [0.1, 0.15) is 29.4 Å². The van der Waals surface area contributed by atoms with E-state index in [0.717, 1.165) is 4.90 Å². The monoisotopic (exact) mass is 442 g/mol. The van der Waals surface area contributed by atoms with Crippen LogP contribution in [0.3, 0.4) is 0 Å². The predicted octanol–water partition coefficient (Wildman–Crippen LogP) is 4.05. The van der Waals surface area contributed by atoms with E-state index in [1.54, 1.807) is 19.2 Å². The lowest BCUT2D eigenvalue weighted by Gasteiger charge is -2.17. The molecule has 3 rings (SSSR count). The van der Waals surface area contributed by atoms with Crippen molar-refractivity contribution in [3.63, 3.8) is 0 Å². The Labute approximate surface area is 183 Å². The number of phenolic OH excluding ortho intramolecular Hbond substituents is 1. The summed E-state index contributed by atoms with van der Waals surface area (Å²) in [4.78, 5) is 25.3. The van der Waals surface area contributed by atoms with E-state index in [1.807, 2.05) is 24.3 Å². The zero-order valence-electron chi connectivity index (χ0n) is 17.0. The Bertz CT molecular complexity index is 1110. The Hall–Kier alpha value is -3.39. The summed E-state index contributed by atoms with van der Waals surface area (Å²) in [6, 6.07) is 14.8. The molecule has 3 aromatic rings. The van der Waals surface area contributed by atoms with Gasteiger partial charge in [0.15, 0.2) is 5.76 Å². The highest BCUT2D eigenvalue weighted by atomic mass is 32.2.